The Morgan fingerprint density at radius 2 is 1.62 bits per heavy atom. The first-order valence-corrected chi connectivity index (χ1v) is 7.38. The van der Waals surface area contributed by atoms with Gasteiger partial charge in [0.25, 0.3) is 0 Å². The molecule has 0 aliphatic carbocycles. The number of nitrogens with one attached hydrogen (secondary N) is 2. The first kappa shape index (κ1) is 19.2. The van der Waals surface area contributed by atoms with Gasteiger partial charge in [-0.05, 0) is 20.8 Å². The van der Waals surface area contributed by atoms with Gasteiger partial charge in [0, 0.05) is 12.2 Å². The molecule has 0 aromatic heterocycles. The normalized spacial score (nSPS) is 17.1. The molecule has 0 saturated carbocycles. The van der Waals surface area contributed by atoms with E-state index in [9.17, 15) is 19.2 Å². The molecule has 9 heteroatoms. The van der Waals surface area contributed by atoms with Crippen molar-refractivity contribution in [3.05, 3.63) is 23.4 Å². The second-order valence-corrected chi connectivity index (χ2v) is 4.63. The quantitative estimate of drug-likeness (QED) is 0.385. The molecule has 1 aliphatic heterocycles. The van der Waals surface area contributed by atoms with Gasteiger partial charge in [-0.1, -0.05) is 0 Å². The van der Waals surface area contributed by atoms with Crippen molar-refractivity contribution in [2.75, 3.05) is 19.8 Å². The molecule has 9 nitrogen and oxygen atoms in total. The second kappa shape index (κ2) is 9.33. The Kier molecular flexibility index (Phi) is 7.47. The average Bonchev–Trinajstić information content (AvgIpc) is 2.50. The molecule has 0 bridgehead atoms. The van der Waals surface area contributed by atoms with Crippen LogP contribution in [-0.4, -0.2) is 49.8 Å². The number of carbonyl (C=O) groups is 4. The Bertz CT molecular complexity index is 580. The molecule has 2 amide bonds. The summed E-state index contributed by atoms with van der Waals surface area (Å²) in [5.41, 5.74) is 0.293. The van der Waals surface area contributed by atoms with Gasteiger partial charge in [-0.25, -0.2) is 19.2 Å². The van der Waals surface area contributed by atoms with E-state index < -0.39 is 30.0 Å². The van der Waals surface area contributed by atoms with Gasteiger partial charge in [0.15, 0.2) is 0 Å². The number of amides is 2. The third-order valence-corrected chi connectivity index (χ3v) is 2.87. The van der Waals surface area contributed by atoms with Crippen molar-refractivity contribution in [1.82, 2.24) is 10.6 Å². The minimum Gasteiger partial charge on any atom is -0.463 e. The van der Waals surface area contributed by atoms with Crippen molar-refractivity contribution in [3.63, 3.8) is 0 Å². The zero-order chi connectivity index (χ0) is 18.1. The van der Waals surface area contributed by atoms with Gasteiger partial charge in [0.05, 0.1) is 30.5 Å². The van der Waals surface area contributed by atoms with E-state index in [1.54, 1.807) is 20.8 Å². The van der Waals surface area contributed by atoms with E-state index in [-0.39, 0.29) is 31.1 Å². The second-order valence-electron chi connectivity index (χ2n) is 4.63. The summed E-state index contributed by atoms with van der Waals surface area (Å²) in [7, 11) is 0. The Morgan fingerprint density at radius 3 is 2.21 bits per heavy atom. The topological polar surface area (TPSA) is 120 Å². The first-order valence-electron chi connectivity index (χ1n) is 7.38. The van der Waals surface area contributed by atoms with Gasteiger partial charge in [-0.2, -0.15) is 0 Å². The van der Waals surface area contributed by atoms with Crippen molar-refractivity contribution in [3.8, 4) is 0 Å². The highest BCUT2D eigenvalue weighted by Gasteiger charge is 2.30. The number of hydrogen-bond donors (Lipinski definition) is 2. The summed E-state index contributed by atoms with van der Waals surface area (Å²) in [5, 5.41) is 4.93. The zero-order valence-corrected chi connectivity index (χ0v) is 13.7. The maximum Gasteiger partial charge on any atom is 0.338 e. The highest BCUT2D eigenvalue weighted by molar-refractivity contribution is 5.95. The van der Waals surface area contributed by atoms with Crippen LogP contribution in [0.4, 0.5) is 4.79 Å². The smallest absolute Gasteiger partial charge is 0.338 e. The number of esters is 3. The van der Waals surface area contributed by atoms with E-state index in [4.69, 9.17) is 9.47 Å². The lowest BCUT2D eigenvalue weighted by Gasteiger charge is -2.26. The molecule has 1 heterocycles. The zero-order valence-electron chi connectivity index (χ0n) is 13.7. The van der Waals surface area contributed by atoms with Crippen LogP contribution in [0.1, 0.15) is 20.8 Å². The van der Waals surface area contributed by atoms with Crippen LogP contribution in [0.15, 0.2) is 23.4 Å². The van der Waals surface area contributed by atoms with Crippen molar-refractivity contribution in [2.24, 2.45) is 0 Å². The highest BCUT2D eigenvalue weighted by atomic mass is 16.5. The summed E-state index contributed by atoms with van der Waals surface area (Å²) in [6.45, 7) is 4.89. The monoisotopic (exact) mass is 340 g/mol. The molecule has 0 radical (unpaired) electrons. The summed E-state index contributed by atoms with van der Waals surface area (Å²) in [5.74, 6) is -2.12. The predicted molar refractivity (Wildman–Crippen MR) is 81.5 cm³/mol. The van der Waals surface area contributed by atoms with E-state index in [2.05, 4.69) is 15.4 Å². The van der Waals surface area contributed by atoms with E-state index in [0.717, 1.165) is 12.2 Å². The van der Waals surface area contributed by atoms with Crippen LogP contribution < -0.4 is 10.6 Å². The molecule has 0 saturated heterocycles. The first-order chi connectivity index (χ1) is 11.4. The van der Waals surface area contributed by atoms with E-state index in [1.807, 2.05) is 0 Å². The van der Waals surface area contributed by atoms with E-state index in [1.165, 1.54) is 0 Å². The standard InChI is InChI=1S/C15H20N2O7/c1-4-22-11(18)6-7-12(19)24-8-10-13(14(20)23-5-2)9(3)16-15(21)17-10/h6-7,9H,4-5,8H2,1-3H3,(H2,16,17,21). The van der Waals surface area contributed by atoms with E-state index in [0.29, 0.717) is 0 Å². The lowest BCUT2D eigenvalue weighted by molar-refractivity contribution is -0.140. The minimum absolute atomic E-state index is 0.127. The van der Waals surface area contributed by atoms with Gasteiger partial charge in [0.1, 0.15) is 6.61 Å². The molecule has 0 fully saturated rings. The Balaban J connectivity index is 2.78. The van der Waals surface area contributed by atoms with Crippen molar-refractivity contribution >= 4 is 23.9 Å². The van der Waals surface area contributed by atoms with Crippen LogP contribution in [-0.2, 0) is 28.6 Å². The summed E-state index contributed by atoms with van der Waals surface area (Å²) in [6, 6.07) is -1.12. The largest absolute Gasteiger partial charge is 0.463 e. The lowest BCUT2D eigenvalue weighted by atomic mass is 10.0. The van der Waals surface area contributed by atoms with Crippen LogP contribution in [0.5, 0.6) is 0 Å². The average molecular weight is 340 g/mol. The third kappa shape index (κ3) is 5.75. The van der Waals surface area contributed by atoms with Gasteiger partial charge >= 0.3 is 23.9 Å². The molecule has 0 aromatic carbocycles. The maximum atomic E-state index is 12.0. The third-order valence-electron chi connectivity index (χ3n) is 2.87. The fourth-order valence-corrected chi connectivity index (χ4v) is 1.91. The van der Waals surface area contributed by atoms with Gasteiger partial charge in [-0.3, -0.25) is 0 Å². The number of carbonyl (C=O) groups excluding carboxylic acids is 4. The number of rotatable bonds is 7. The predicted octanol–water partition coefficient (Wildman–Crippen LogP) is 0.167. The maximum absolute atomic E-state index is 12.0. The molecule has 0 spiro atoms. The van der Waals surface area contributed by atoms with Crippen molar-refractivity contribution in [2.45, 2.75) is 26.8 Å². The summed E-state index contributed by atoms with van der Waals surface area (Å²) < 4.78 is 14.5. The fourth-order valence-electron chi connectivity index (χ4n) is 1.91. The SMILES string of the molecule is CCOC(=O)C=CC(=O)OCC1=C(C(=O)OCC)C(C)NC(=O)N1. The highest BCUT2D eigenvalue weighted by Crippen LogP contribution is 2.14. The van der Waals surface area contributed by atoms with Gasteiger partial charge in [-0.15, -0.1) is 0 Å². The molecule has 1 unspecified atom stereocenters. The minimum atomic E-state index is -0.820. The Hall–Kier alpha value is -2.84. The van der Waals surface area contributed by atoms with Gasteiger partial charge in [0.2, 0.25) is 0 Å². The molecule has 132 valence electrons. The molecule has 0 aromatic rings. The van der Waals surface area contributed by atoms with Crippen molar-refractivity contribution in [1.29, 1.82) is 0 Å². The molecule has 2 N–H and O–H groups in total. The molecule has 1 aliphatic rings. The molecule has 1 atom stereocenters. The Morgan fingerprint density at radius 1 is 1.04 bits per heavy atom. The summed E-state index contributed by atoms with van der Waals surface area (Å²) >= 11 is 0. The number of urea groups is 1. The van der Waals surface area contributed by atoms with E-state index >= 15 is 0 Å². The van der Waals surface area contributed by atoms with Crippen LogP contribution in [0.25, 0.3) is 0 Å². The molecular weight excluding hydrogens is 320 g/mol. The number of hydrogen-bond acceptors (Lipinski definition) is 7. The molecule has 1 rings (SSSR count). The summed E-state index contributed by atoms with van der Waals surface area (Å²) in [4.78, 5) is 46.2. The van der Waals surface area contributed by atoms with Crippen molar-refractivity contribution < 1.29 is 33.4 Å². The van der Waals surface area contributed by atoms with Crippen LogP contribution >= 0.6 is 0 Å². The fraction of sp³-hybridized carbons (Fsp3) is 0.467. The lowest BCUT2D eigenvalue weighted by Crippen LogP contribution is -2.50. The van der Waals surface area contributed by atoms with Crippen LogP contribution in [0.3, 0.4) is 0 Å². The molecule has 24 heavy (non-hydrogen) atoms. The Labute approximate surface area is 139 Å². The van der Waals surface area contributed by atoms with Crippen LogP contribution in [0, 0.1) is 0 Å². The molecular formula is C15H20N2O7. The van der Waals surface area contributed by atoms with Gasteiger partial charge < -0.3 is 24.8 Å². The number of ether oxygens (including phenoxy) is 3. The summed E-state index contributed by atoms with van der Waals surface area (Å²) in [6.07, 6.45) is 1.82. The van der Waals surface area contributed by atoms with Crippen LogP contribution in [0.2, 0.25) is 0 Å².